The molecule has 6 aromatic rings. The van der Waals surface area contributed by atoms with Crippen LogP contribution in [-0.2, 0) is 28.8 Å². The van der Waals surface area contributed by atoms with E-state index in [2.05, 4.69) is 43.5 Å². The van der Waals surface area contributed by atoms with Crippen LogP contribution in [0.15, 0.2) is 78.9 Å². The van der Waals surface area contributed by atoms with Crippen LogP contribution in [0.25, 0.3) is 32.6 Å². The Morgan fingerprint density at radius 3 is 2.14 bits per heavy atom. The van der Waals surface area contributed by atoms with Crippen molar-refractivity contribution in [3.05, 3.63) is 95.8 Å². The van der Waals surface area contributed by atoms with E-state index in [9.17, 15) is 48.6 Å². The fourth-order valence-corrected chi connectivity index (χ4v) is 10.6. The number of nitrogens with two attached hydrogens (primary N) is 1. The molecule has 2 aromatic heterocycles. The molecule has 73 heavy (non-hydrogen) atoms. The third kappa shape index (κ3) is 13.3. The minimum atomic E-state index is -1.53. The first-order valence-electron chi connectivity index (χ1n) is 23.2. The number of benzene rings is 4. The molecule has 1 aliphatic rings. The van der Waals surface area contributed by atoms with Crippen LogP contribution in [0.1, 0.15) is 78.9 Å². The molecule has 7 rings (SSSR count). The van der Waals surface area contributed by atoms with Gasteiger partial charge in [-0.1, -0.05) is 59.7 Å². The number of amides is 5. The largest absolute Gasteiger partial charge is 0.481 e. The molecule has 23 heteroatoms. The van der Waals surface area contributed by atoms with Crippen LogP contribution in [0.5, 0.6) is 5.75 Å². The van der Waals surface area contributed by atoms with Crippen LogP contribution in [0.4, 0.5) is 17.1 Å². The first kappa shape index (κ1) is 52.8. The number of aromatic nitrogens is 2. The number of fused-ring (bicyclic) bond motifs is 5. The molecule has 382 valence electrons. The Balaban J connectivity index is 0.888. The molecule has 0 saturated carbocycles. The molecule has 1 aliphatic heterocycles. The summed E-state index contributed by atoms with van der Waals surface area (Å²) in [6, 6.07) is 20.2. The van der Waals surface area contributed by atoms with Crippen molar-refractivity contribution in [1.82, 2.24) is 25.9 Å². The molecule has 4 aromatic carbocycles. The zero-order chi connectivity index (χ0) is 52.5. The second-order valence-electron chi connectivity index (χ2n) is 17.5. The summed E-state index contributed by atoms with van der Waals surface area (Å²) in [7, 11) is 2.29. The van der Waals surface area contributed by atoms with Crippen LogP contribution < -0.4 is 42.0 Å². The molecule has 1 unspecified atom stereocenters. The summed E-state index contributed by atoms with van der Waals surface area (Å²) in [6.07, 6.45) is 0.106. The van der Waals surface area contributed by atoms with E-state index in [1.165, 1.54) is 17.7 Å². The lowest BCUT2D eigenvalue weighted by Gasteiger charge is -2.22. The summed E-state index contributed by atoms with van der Waals surface area (Å²) < 4.78 is 5.57. The highest BCUT2D eigenvalue weighted by Crippen LogP contribution is 2.45. The van der Waals surface area contributed by atoms with E-state index < -0.39 is 60.1 Å². The molecule has 0 aliphatic carbocycles. The topological polar surface area (TPSA) is 331 Å². The van der Waals surface area contributed by atoms with Crippen molar-refractivity contribution < 1.29 is 53.3 Å². The average molecular weight is 1040 g/mol. The summed E-state index contributed by atoms with van der Waals surface area (Å²) in [6.45, 7) is 5.75. The number of hydrogen-bond donors (Lipinski definition) is 11. The lowest BCUT2D eigenvalue weighted by atomic mass is 9.95. The van der Waals surface area contributed by atoms with Gasteiger partial charge in [-0.3, -0.25) is 39.0 Å². The van der Waals surface area contributed by atoms with E-state index >= 15 is 0 Å². The number of aromatic amines is 2. The van der Waals surface area contributed by atoms with E-state index in [1.54, 1.807) is 66.4 Å². The zero-order valence-electron chi connectivity index (χ0n) is 39.9. The van der Waals surface area contributed by atoms with E-state index in [4.69, 9.17) is 15.9 Å². The number of guanidine groups is 1. The number of nitrogens with zero attached hydrogens (tertiary/aromatic N) is 1. The molecule has 0 fully saturated rings. The van der Waals surface area contributed by atoms with Crippen LogP contribution >= 0.6 is 21.6 Å². The average Bonchev–Trinajstić information content (AvgIpc) is 4.06. The molecule has 21 nitrogen and oxygen atoms in total. The number of esters is 1. The summed E-state index contributed by atoms with van der Waals surface area (Å²) in [5.74, 6) is -6.06. The lowest BCUT2D eigenvalue weighted by Crippen LogP contribution is -2.53. The summed E-state index contributed by atoms with van der Waals surface area (Å²) in [4.78, 5) is 110. The molecule has 0 saturated heterocycles. The Labute approximate surface area is 425 Å². The number of carboxylic acids is 2. The Bertz CT molecular complexity index is 3160. The second-order valence-corrected chi connectivity index (χ2v) is 20.2. The maximum absolute atomic E-state index is 14.1. The Morgan fingerprint density at radius 2 is 1.48 bits per heavy atom. The van der Waals surface area contributed by atoms with Gasteiger partial charge < -0.3 is 62.1 Å². The molecule has 4 atom stereocenters. The Morgan fingerprint density at radius 1 is 0.836 bits per heavy atom. The summed E-state index contributed by atoms with van der Waals surface area (Å²) in [5.41, 5.74) is 9.83. The number of ether oxygens (including phenoxy) is 1. The maximum atomic E-state index is 14.1. The highest BCUT2D eigenvalue weighted by molar-refractivity contribution is 8.76. The van der Waals surface area contributed by atoms with Gasteiger partial charge in [0.2, 0.25) is 17.7 Å². The summed E-state index contributed by atoms with van der Waals surface area (Å²) >= 11 is 0. The fraction of sp³-hybridized carbons (Fsp3) is 0.300. The van der Waals surface area contributed by atoms with Gasteiger partial charge in [0, 0.05) is 94.4 Å². The third-order valence-corrected chi connectivity index (χ3v) is 14.4. The number of aliphatic carboxylic acids is 2. The van der Waals surface area contributed by atoms with Crippen molar-refractivity contribution in [3.63, 3.8) is 0 Å². The fourth-order valence-electron chi connectivity index (χ4n) is 8.43. The Hall–Kier alpha value is -8.05. The minimum absolute atomic E-state index is 0.0218. The SMILES string of the molecule is CC(=O)Oc1cc2c(c3ccccc13)C(C)CN2C(=O)c1cc2cc(NC(=O)c3cc4cc(NC(=O)CCSSC[C@H](NC(=O)[C@H](CC(=O)O)NC(=O)[C@@H](C)CCCNC(=N)N)C(=O)O)ccc4[nH]3)ccc2[nH]1. The van der Waals surface area contributed by atoms with Gasteiger partial charge in [0.05, 0.1) is 12.1 Å². The van der Waals surface area contributed by atoms with E-state index in [0.29, 0.717) is 76.2 Å². The smallest absolute Gasteiger partial charge is 0.327 e. The first-order chi connectivity index (χ1) is 34.8. The van der Waals surface area contributed by atoms with Crippen molar-refractivity contribution >= 4 is 125 Å². The number of nitrogens with one attached hydrogen (secondary N) is 8. The minimum Gasteiger partial charge on any atom is -0.481 e. The molecular weight excluding hydrogens is 981 g/mol. The monoisotopic (exact) mass is 1030 g/mol. The zero-order valence-corrected chi connectivity index (χ0v) is 41.5. The number of anilines is 3. The first-order valence-corrected chi connectivity index (χ1v) is 25.6. The Kier molecular flexibility index (Phi) is 17.0. The van der Waals surface area contributed by atoms with Crippen LogP contribution in [0, 0.1) is 11.3 Å². The van der Waals surface area contributed by atoms with Crippen LogP contribution in [0.2, 0.25) is 0 Å². The molecule has 0 radical (unpaired) electrons. The number of carbonyl (C=O) groups excluding carboxylic acids is 6. The van der Waals surface area contributed by atoms with Crippen LogP contribution in [-0.4, -0.2) is 110 Å². The number of carbonyl (C=O) groups is 8. The molecule has 0 bridgehead atoms. The highest BCUT2D eigenvalue weighted by atomic mass is 33.1. The van der Waals surface area contributed by atoms with Gasteiger partial charge in [0.15, 0.2) is 5.96 Å². The summed E-state index contributed by atoms with van der Waals surface area (Å²) in [5, 5.41) is 42.4. The molecule has 3 heterocycles. The molecular formula is C50H54N10O11S2. The lowest BCUT2D eigenvalue weighted by molar-refractivity contribution is -0.143. The number of carboxylic acid groups (broad SMARTS) is 2. The van der Waals surface area contributed by atoms with Crippen LogP contribution in [0.3, 0.4) is 0 Å². The van der Waals surface area contributed by atoms with Gasteiger partial charge in [0.25, 0.3) is 11.8 Å². The molecule has 12 N–H and O–H groups in total. The van der Waals surface area contributed by atoms with Gasteiger partial charge in [0.1, 0.15) is 29.2 Å². The normalized spacial score (nSPS) is 14.2. The maximum Gasteiger partial charge on any atom is 0.327 e. The second kappa shape index (κ2) is 23.5. The standard InChI is InChI=1S/C50H54N10O11S2/c1-25(7-6-15-53-50(51)52)45(65)58-37(21-43(63)64)47(67)59-39(49(69)70)24-73-72-16-14-42(62)54-30-10-12-34-28(17-30)19-36(56-34)46(66)55-31-11-13-35-29(18-31)20-38(57-35)48(68)60-23-26(2)44-33-9-5-4-8-32(33)41(22-40(44)60)71-27(3)61/h4-5,8-13,17-20,22,25-26,37,39,56-57H,6-7,14-16,21,23-24H2,1-3H3,(H,54,62)(H,55,66)(H,58,65)(H,59,67)(H,63,64)(H,69,70)(H4,51,52,53)/t25-,26?,37-,39-/m0/s1. The highest BCUT2D eigenvalue weighted by Gasteiger charge is 2.34. The third-order valence-electron chi connectivity index (χ3n) is 12.0. The molecule has 5 amide bonds. The van der Waals surface area contributed by atoms with Gasteiger partial charge in [-0.2, -0.15) is 0 Å². The van der Waals surface area contributed by atoms with Gasteiger partial charge in [-0.15, -0.1) is 0 Å². The molecule has 0 spiro atoms. The van der Waals surface area contributed by atoms with Gasteiger partial charge in [-0.05, 0) is 72.3 Å². The predicted octanol–water partition coefficient (Wildman–Crippen LogP) is 5.88. The van der Waals surface area contributed by atoms with Crippen molar-refractivity contribution in [3.8, 4) is 5.75 Å². The number of hydrogen-bond acceptors (Lipinski definition) is 12. The van der Waals surface area contributed by atoms with Crippen molar-refractivity contribution in [2.45, 2.75) is 64.5 Å². The predicted molar refractivity (Wildman–Crippen MR) is 280 cm³/mol. The van der Waals surface area contributed by atoms with Crippen molar-refractivity contribution in [2.24, 2.45) is 11.7 Å². The van der Waals surface area contributed by atoms with Gasteiger partial charge >= 0.3 is 17.9 Å². The number of H-pyrrole nitrogens is 2. The van der Waals surface area contributed by atoms with Crippen molar-refractivity contribution in [1.29, 1.82) is 5.41 Å². The van der Waals surface area contributed by atoms with E-state index in [0.717, 1.165) is 27.1 Å². The number of rotatable bonds is 22. The van der Waals surface area contributed by atoms with Gasteiger partial charge in [-0.25, -0.2) is 4.79 Å². The van der Waals surface area contributed by atoms with E-state index in [1.807, 2.05) is 24.3 Å². The van der Waals surface area contributed by atoms with E-state index in [-0.39, 0.29) is 47.3 Å². The van der Waals surface area contributed by atoms with Crippen molar-refractivity contribution in [2.75, 3.05) is 40.1 Å². The quantitative estimate of drug-likeness (QED) is 0.00944.